The summed E-state index contributed by atoms with van der Waals surface area (Å²) in [5.74, 6) is 0.00485. The molecule has 2 heterocycles. The largest absolute Gasteiger partial charge is 0.309 e. The van der Waals surface area contributed by atoms with Crippen molar-refractivity contribution in [3.05, 3.63) is 157 Å². The average Bonchev–Trinajstić information content (AvgIpc) is 3.54. The van der Waals surface area contributed by atoms with Crippen molar-refractivity contribution >= 4 is 49.4 Å². The molecule has 2 aromatic heterocycles. The molecule has 0 unspecified atom stereocenters. The van der Waals surface area contributed by atoms with Gasteiger partial charge in [-0.25, -0.2) is 0 Å². The van der Waals surface area contributed by atoms with E-state index >= 15 is 0 Å². The number of carbonyl (C=O) groups is 1. The van der Waals surface area contributed by atoms with Gasteiger partial charge in [-0.3, -0.25) is 4.79 Å². The number of ketones is 1. The lowest BCUT2D eigenvalue weighted by atomic mass is 10.0. The summed E-state index contributed by atoms with van der Waals surface area (Å²) in [6, 6.07) is 49.6. The zero-order valence-electron chi connectivity index (χ0n) is 21.7. The van der Waals surface area contributed by atoms with E-state index in [1.807, 2.05) is 36.4 Å². The molecule has 188 valence electrons. The number of fused-ring (bicyclic) bond motifs is 6. The number of hydrogen-bond donors (Lipinski definition) is 0. The lowest BCUT2D eigenvalue weighted by Crippen LogP contribution is -2.04. The SMILES string of the molecule is O=C(c1cccc(-n2c3ccccc3c3ccccc32)c1)c1cccc(-n2c3ccccc3c3ccccc32)c1. The van der Waals surface area contributed by atoms with Crippen LogP contribution in [0.25, 0.3) is 55.0 Å². The van der Waals surface area contributed by atoms with Gasteiger partial charge in [-0.1, -0.05) is 97.1 Å². The molecule has 6 aromatic carbocycles. The number of aromatic nitrogens is 2. The molecule has 0 bridgehead atoms. The third-order valence-corrected chi connectivity index (χ3v) is 7.89. The van der Waals surface area contributed by atoms with Crippen molar-refractivity contribution in [1.29, 1.82) is 0 Å². The fourth-order valence-corrected chi connectivity index (χ4v) is 6.14. The molecular formula is C37H24N2O. The summed E-state index contributed by atoms with van der Waals surface area (Å²) in [5.41, 5.74) is 7.78. The maximum atomic E-state index is 13.9. The molecule has 0 atom stereocenters. The molecule has 3 nitrogen and oxygen atoms in total. The minimum Gasteiger partial charge on any atom is -0.309 e. The van der Waals surface area contributed by atoms with Gasteiger partial charge in [0, 0.05) is 44.0 Å². The molecule has 0 aliphatic carbocycles. The Morgan fingerprint density at radius 2 is 0.700 bits per heavy atom. The fraction of sp³-hybridized carbons (Fsp3) is 0. The highest BCUT2D eigenvalue weighted by Crippen LogP contribution is 2.34. The van der Waals surface area contributed by atoms with Crippen LogP contribution in [0.2, 0.25) is 0 Å². The summed E-state index contributed by atoms with van der Waals surface area (Å²) in [5, 5.41) is 4.81. The first-order chi connectivity index (χ1) is 19.8. The quantitative estimate of drug-likeness (QED) is 0.216. The highest BCUT2D eigenvalue weighted by molar-refractivity contribution is 6.12. The Labute approximate surface area is 231 Å². The second-order valence-corrected chi connectivity index (χ2v) is 10.2. The summed E-state index contributed by atoms with van der Waals surface area (Å²) < 4.78 is 4.49. The van der Waals surface area contributed by atoms with Gasteiger partial charge in [0.1, 0.15) is 0 Å². The minimum absolute atomic E-state index is 0.00485. The zero-order valence-corrected chi connectivity index (χ0v) is 21.7. The minimum atomic E-state index is 0.00485. The van der Waals surface area contributed by atoms with E-state index in [4.69, 9.17) is 0 Å². The highest BCUT2D eigenvalue weighted by Gasteiger charge is 2.16. The van der Waals surface area contributed by atoms with E-state index in [2.05, 4.69) is 118 Å². The van der Waals surface area contributed by atoms with Gasteiger partial charge in [-0.05, 0) is 48.5 Å². The van der Waals surface area contributed by atoms with E-state index in [1.54, 1.807) is 0 Å². The van der Waals surface area contributed by atoms with Crippen molar-refractivity contribution < 1.29 is 4.79 Å². The van der Waals surface area contributed by atoms with Gasteiger partial charge < -0.3 is 9.13 Å². The molecule has 0 aliphatic rings. The first-order valence-corrected chi connectivity index (χ1v) is 13.5. The monoisotopic (exact) mass is 512 g/mol. The van der Waals surface area contributed by atoms with Crippen molar-refractivity contribution in [2.75, 3.05) is 0 Å². The summed E-state index contributed by atoms with van der Waals surface area (Å²) in [6.45, 7) is 0. The zero-order chi connectivity index (χ0) is 26.6. The highest BCUT2D eigenvalue weighted by atomic mass is 16.1. The Bertz CT molecular complexity index is 1980. The third-order valence-electron chi connectivity index (χ3n) is 7.89. The molecular weight excluding hydrogens is 488 g/mol. The summed E-state index contributed by atoms with van der Waals surface area (Å²) >= 11 is 0. The van der Waals surface area contributed by atoms with Crippen LogP contribution in [0.1, 0.15) is 15.9 Å². The van der Waals surface area contributed by atoms with E-state index in [9.17, 15) is 4.79 Å². The smallest absolute Gasteiger partial charge is 0.193 e. The number of carbonyl (C=O) groups excluding carboxylic acids is 1. The molecule has 0 saturated carbocycles. The van der Waals surface area contributed by atoms with Crippen LogP contribution in [0.15, 0.2) is 146 Å². The van der Waals surface area contributed by atoms with Crippen LogP contribution >= 0.6 is 0 Å². The van der Waals surface area contributed by atoms with E-state index in [0.29, 0.717) is 11.1 Å². The second kappa shape index (κ2) is 8.82. The Morgan fingerprint density at radius 3 is 1.05 bits per heavy atom. The standard InChI is InChI=1S/C37H24N2O/c40-37(25-11-9-13-27(23-25)38-33-19-5-1-15-29(33)30-16-2-6-20-34(30)38)26-12-10-14-28(24-26)39-35-21-7-3-17-31(35)32-18-4-8-22-36(32)39/h1-24H. The molecule has 0 fully saturated rings. The number of benzene rings is 6. The number of nitrogens with zero attached hydrogens (tertiary/aromatic N) is 2. The predicted octanol–water partition coefficient (Wildman–Crippen LogP) is 9.11. The van der Waals surface area contributed by atoms with Gasteiger partial charge >= 0.3 is 0 Å². The van der Waals surface area contributed by atoms with Gasteiger partial charge in [0.15, 0.2) is 5.78 Å². The maximum Gasteiger partial charge on any atom is 0.193 e. The van der Waals surface area contributed by atoms with E-state index < -0.39 is 0 Å². The molecule has 0 spiro atoms. The average molecular weight is 513 g/mol. The molecule has 8 aromatic rings. The van der Waals surface area contributed by atoms with Gasteiger partial charge in [-0.2, -0.15) is 0 Å². The topological polar surface area (TPSA) is 26.9 Å². The fourth-order valence-electron chi connectivity index (χ4n) is 6.14. The van der Waals surface area contributed by atoms with Crippen LogP contribution in [0.4, 0.5) is 0 Å². The van der Waals surface area contributed by atoms with Gasteiger partial charge in [0.05, 0.1) is 22.1 Å². The van der Waals surface area contributed by atoms with Crippen LogP contribution in [0.3, 0.4) is 0 Å². The molecule has 8 rings (SSSR count). The van der Waals surface area contributed by atoms with Crippen LogP contribution < -0.4 is 0 Å². The normalized spacial score (nSPS) is 11.6. The molecule has 0 radical (unpaired) electrons. The molecule has 3 heteroatoms. The number of hydrogen-bond acceptors (Lipinski definition) is 1. The van der Waals surface area contributed by atoms with E-state index in [0.717, 1.165) is 33.4 Å². The first-order valence-electron chi connectivity index (χ1n) is 13.5. The van der Waals surface area contributed by atoms with Crippen molar-refractivity contribution in [2.24, 2.45) is 0 Å². The van der Waals surface area contributed by atoms with Crippen LogP contribution in [0.5, 0.6) is 0 Å². The van der Waals surface area contributed by atoms with Gasteiger partial charge in [0.25, 0.3) is 0 Å². The van der Waals surface area contributed by atoms with Crippen molar-refractivity contribution in [3.8, 4) is 11.4 Å². The molecule has 0 saturated heterocycles. The van der Waals surface area contributed by atoms with Crippen LogP contribution in [0, 0.1) is 0 Å². The maximum absolute atomic E-state index is 13.9. The van der Waals surface area contributed by atoms with Gasteiger partial charge in [0.2, 0.25) is 0 Å². The molecule has 40 heavy (non-hydrogen) atoms. The predicted molar refractivity (Wildman–Crippen MR) is 165 cm³/mol. The van der Waals surface area contributed by atoms with Gasteiger partial charge in [-0.15, -0.1) is 0 Å². The molecule has 0 aliphatic heterocycles. The number of rotatable bonds is 4. The molecule has 0 N–H and O–H groups in total. The summed E-state index contributed by atoms with van der Waals surface area (Å²) in [7, 11) is 0. The molecule has 0 amide bonds. The third kappa shape index (κ3) is 3.35. The van der Waals surface area contributed by atoms with Crippen molar-refractivity contribution in [3.63, 3.8) is 0 Å². The Balaban J connectivity index is 1.25. The lowest BCUT2D eigenvalue weighted by Gasteiger charge is -2.11. The lowest BCUT2D eigenvalue weighted by molar-refractivity contribution is 0.103. The van der Waals surface area contributed by atoms with E-state index in [-0.39, 0.29) is 5.78 Å². The van der Waals surface area contributed by atoms with E-state index in [1.165, 1.54) is 21.5 Å². The van der Waals surface area contributed by atoms with Crippen LogP contribution in [-0.4, -0.2) is 14.9 Å². The summed E-state index contributed by atoms with van der Waals surface area (Å²) in [4.78, 5) is 13.9. The van der Waals surface area contributed by atoms with Crippen molar-refractivity contribution in [2.45, 2.75) is 0 Å². The Morgan fingerprint density at radius 1 is 0.375 bits per heavy atom. The second-order valence-electron chi connectivity index (χ2n) is 10.2. The summed E-state index contributed by atoms with van der Waals surface area (Å²) in [6.07, 6.45) is 0. The first kappa shape index (κ1) is 22.6. The Kier molecular flexibility index (Phi) is 4.98. The Hall–Kier alpha value is -5.41. The number of para-hydroxylation sites is 4. The van der Waals surface area contributed by atoms with Crippen molar-refractivity contribution in [1.82, 2.24) is 9.13 Å². The van der Waals surface area contributed by atoms with Crippen LogP contribution in [-0.2, 0) is 0 Å².